The Morgan fingerprint density at radius 1 is 0.897 bits per heavy atom. The molecule has 4 saturated carbocycles. The predicted octanol–water partition coefficient (Wildman–Crippen LogP) is 9.04. The number of fused-ring (bicyclic) bond motifs is 5. The van der Waals surface area contributed by atoms with E-state index in [0.29, 0.717) is 34.4 Å². The highest BCUT2D eigenvalue weighted by Crippen LogP contribution is 2.71. The van der Waals surface area contributed by atoms with E-state index in [9.17, 15) is 9.59 Å². The van der Waals surface area contributed by atoms with Gasteiger partial charge in [-0.15, -0.1) is 0 Å². The van der Waals surface area contributed by atoms with Crippen LogP contribution in [0.5, 0.6) is 0 Å². The second kappa shape index (κ2) is 12.2. The van der Waals surface area contributed by atoms with Gasteiger partial charge in [-0.1, -0.05) is 62.3 Å². The molecule has 0 spiro atoms. The van der Waals surface area contributed by atoms with Crippen LogP contribution in [0.25, 0.3) is 0 Å². The summed E-state index contributed by atoms with van der Waals surface area (Å²) in [7, 11) is 0. The SMILES string of the molecule is CCCN(CCC)C(=O)C1CCC2(C)C(C1)CC(C)C1C2CC(C)C2(C)C1CCC2[C@H](C)CCC(=O)C(C)C. The van der Waals surface area contributed by atoms with E-state index in [1.54, 1.807) is 0 Å². The molecule has 4 aliphatic carbocycles. The number of ketones is 1. The van der Waals surface area contributed by atoms with Crippen molar-refractivity contribution in [1.82, 2.24) is 4.90 Å². The number of rotatable bonds is 10. The number of carbonyl (C=O) groups is 2. The van der Waals surface area contributed by atoms with Gasteiger partial charge in [-0.3, -0.25) is 9.59 Å². The summed E-state index contributed by atoms with van der Waals surface area (Å²) >= 11 is 0. The molecule has 10 unspecified atom stereocenters. The lowest BCUT2D eigenvalue weighted by molar-refractivity contribution is -0.168. The molecular weight excluding hydrogens is 478 g/mol. The summed E-state index contributed by atoms with van der Waals surface area (Å²) in [5, 5.41) is 0. The number of hydrogen-bond acceptors (Lipinski definition) is 2. The van der Waals surface area contributed by atoms with E-state index in [-0.39, 0.29) is 11.8 Å². The van der Waals surface area contributed by atoms with Gasteiger partial charge in [-0.25, -0.2) is 0 Å². The van der Waals surface area contributed by atoms with Gasteiger partial charge in [0.25, 0.3) is 0 Å². The molecule has 0 N–H and O–H groups in total. The third-order valence-electron chi connectivity index (χ3n) is 13.5. The van der Waals surface area contributed by atoms with Crippen LogP contribution < -0.4 is 0 Å². The molecule has 4 fully saturated rings. The normalized spacial score (nSPS) is 42.4. The van der Waals surface area contributed by atoms with Crippen LogP contribution in [0.1, 0.15) is 133 Å². The number of hydrogen-bond donors (Lipinski definition) is 0. The van der Waals surface area contributed by atoms with Crippen LogP contribution in [-0.4, -0.2) is 29.7 Å². The molecule has 3 heteroatoms. The summed E-state index contributed by atoms with van der Waals surface area (Å²) in [5.74, 6) is 7.41. The third-order valence-corrected chi connectivity index (χ3v) is 13.5. The molecule has 3 nitrogen and oxygen atoms in total. The maximum atomic E-state index is 13.6. The van der Waals surface area contributed by atoms with E-state index in [2.05, 4.69) is 67.2 Å². The summed E-state index contributed by atoms with van der Waals surface area (Å²) in [4.78, 5) is 28.2. The van der Waals surface area contributed by atoms with Crippen LogP contribution in [-0.2, 0) is 9.59 Å². The van der Waals surface area contributed by atoms with Crippen molar-refractivity contribution >= 4 is 11.7 Å². The lowest BCUT2D eigenvalue weighted by atomic mass is 9.40. The van der Waals surface area contributed by atoms with Crippen molar-refractivity contribution in [2.24, 2.45) is 70.0 Å². The van der Waals surface area contributed by atoms with Crippen LogP contribution in [0.3, 0.4) is 0 Å². The van der Waals surface area contributed by atoms with Crippen LogP contribution in [0.4, 0.5) is 0 Å². The fraction of sp³-hybridized carbons (Fsp3) is 0.944. The number of Topliss-reactive ketones (excluding diaryl/α,β-unsaturated/α-hetero) is 1. The van der Waals surface area contributed by atoms with Crippen molar-refractivity contribution < 1.29 is 9.59 Å². The smallest absolute Gasteiger partial charge is 0.225 e. The molecular formula is C36H63NO2. The number of amides is 1. The zero-order chi connectivity index (χ0) is 28.7. The van der Waals surface area contributed by atoms with Crippen molar-refractivity contribution in [3.63, 3.8) is 0 Å². The van der Waals surface area contributed by atoms with Crippen molar-refractivity contribution in [2.45, 2.75) is 133 Å². The summed E-state index contributed by atoms with van der Waals surface area (Å²) in [5.41, 5.74) is 0.810. The number of nitrogens with zero attached hydrogens (tertiary/aromatic N) is 1. The van der Waals surface area contributed by atoms with Gasteiger partial charge in [-0.2, -0.15) is 0 Å². The van der Waals surface area contributed by atoms with Crippen molar-refractivity contribution in [1.29, 1.82) is 0 Å². The van der Waals surface area contributed by atoms with E-state index in [1.165, 1.54) is 32.1 Å². The molecule has 0 aromatic heterocycles. The highest BCUT2D eigenvalue weighted by Gasteiger charge is 2.64. The van der Waals surface area contributed by atoms with Gasteiger partial charge >= 0.3 is 0 Å². The molecule has 224 valence electrons. The van der Waals surface area contributed by atoms with Gasteiger partial charge in [0.15, 0.2) is 0 Å². The lowest BCUT2D eigenvalue weighted by Gasteiger charge is -2.65. The molecule has 11 atom stereocenters. The van der Waals surface area contributed by atoms with Crippen LogP contribution in [0, 0.1) is 70.0 Å². The second-order valence-corrected chi connectivity index (χ2v) is 15.8. The first-order chi connectivity index (χ1) is 18.4. The Labute approximate surface area is 242 Å². The van der Waals surface area contributed by atoms with Crippen LogP contribution >= 0.6 is 0 Å². The molecule has 4 rings (SSSR count). The van der Waals surface area contributed by atoms with E-state index in [1.807, 2.05) is 0 Å². The monoisotopic (exact) mass is 541 g/mol. The number of carbonyl (C=O) groups excluding carboxylic acids is 2. The standard InChI is InChI=1S/C36H63NO2/c1-10-18-37(19-11-2)34(39)27-16-17-35(8)28(22-27)20-25(6)33-30-14-13-29(24(5)12-15-32(38)23(3)4)36(30,9)26(7)21-31(33)35/h23-31,33H,10-22H2,1-9H3/t24-,25?,26?,27?,28?,29?,30?,31?,33?,35?,36?/m1/s1. The molecule has 0 aromatic rings. The molecule has 0 aliphatic heterocycles. The van der Waals surface area contributed by atoms with Gasteiger partial charge in [-0.05, 0) is 122 Å². The summed E-state index contributed by atoms with van der Waals surface area (Å²) in [6, 6.07) is 0. The molecule has 39 heavy (non-hydrogen) atoms. The van der Waals surface area contributed by atoms with E-state index in [4.69, 9.17) is 0 Å². The van der Waals surface area contributed by atoms with Gasteiger partial charge in [0, 0.05) is 31.3 Å². The fourth-order valence-electron chi connectivity index (χ4n) is 11.2. The van der Waals surface area contributed by atoms with E-state index < -0.39 is 0 Å². The topological polar surface area (TPSA) is 37.4 Å². The minimum Gasteiger partial charge on any atom is -0.342 e. The molecule has 0 heterocycles. The first-order valence-corrected chi connectivity index (χ1v) is 17.2. The average molecular weight is 542 g/mol. The zero-order valence-corrected chi connectivity index (χ0v) is 27.2. The maximum Gasteiger partial charge on any atom is 0.225 e. The van der Waals surface area contributed by atoms with Crippen molar-refractivity contribution in [2.75, 3.05) is 13.1 Å². The van der Waals surface area contributed by atoms with Crippen molar-refractivity contribution in [3.8, 4) is 0 Å². The highest BCUT2D eigenvalue weighted by atomic mass is 16.2. The third kappa shape index (κ3) is 5.52. The van der Waals surface area contributed by atoms with Crippen LogP contribution in [0.15, 0.2) is 0 Å². The molecule has 0 saturated heterocycles. The van der Waals surface area contributed by atoms with Gasteiger partial charge in [0.05, 0.1) is 0 Å². The Hall–Kier alpha value is -0.860. The molecule has 1 amide bonds. The van der Waals surface area contributed by atoms with Crippen LogP contribution in [0.2, 0.25) is 0 Å². The van der Waals surface area contributed by atoms with Crippen molar-refractivity contribution in [3.05, 3.63) is 0 Å². The fourth-order valence-corrected chi connectivity index (χ4v) is 11.2. The summed E-state index contributed by atoms with van der Waals surface area (Å²) < 4.78 is 0. The van der Waals surface area contributed by atoms with E-state index in [0.717, 1.165) is 87.1 Å². The highest BCUT2D eigenvalue weighted by molar-refractivity contribution is 5.80. The quantitative estimate of drug-likeness (QED) is 0.277. The minimum atomic E-state index is 0.169. The average Bonchev–Trinajstić information content (AvgIpc) is 3.25. The van der Waals surface area contributed by atoms with Gasteiger partial charge in [0.2, 0.25) is 5.91 Å². The first-order valence-electron chi connectivity index (χ1n) is 17.2. The Bertz CT molecular complexity index is 860. The first kappa shape index (κ1) is 31.1. The molecule has 4 aliphatic rings. The lowest BCUT2D eigenvalue weighted by Crippen LogP contribution is -2.59. The second-order valence-electron chi connectivity index (χ2n) is 15.8. The Morgan fingerprint density at radius 2 is 1.56 bits per heavy atom. The Balaban J connectivity index is 1.50. The molecule has 0 bridgehead atoms. The summed E-state index contributed by atoms with van der Waals surface area (Å²) in [6.45, 7) is 23.3. The maximum absolute atomic E-state index is 13.6. The minimum absolute atomic E-state index is 0.169. The Morgan fingerprint density at radius 3 is 2.18 bits per heavy atom. The Kier molecular flexibility index (Phi) is 9.70. The molecule has 0 radical (unpaired) electrons. The summed E-state index contributed by atoms with van der Waals surface area (Å²) in [6.07, 6.45) is 12.9. The van der Waals surface area contributed by atoms with Gasteiger partial charge < -0.3 is 4.90 Å². The van der Waals surface area contributed by atoms with E-state index >= 15 is 0 Å². The van der Waals surface area contributed by atoms with Gasteiger partial charge in [0.1, 0.15) is 5.78 Å². The molecule has 0 aromatic carbocycles. The zero-order valence-electron chi connectivity index (χ0n) is 27.2. The largest absolute Gasteiger partial charge is 0.342 e. The predicted molar refractivity (Wildman–Crippen MR) is 163 cm³/mol.